The van der Waals surface area contributed by atoms with Gasteiger partial charge in [-0.15, -0.1) is 0 Å². The molecule has 0 aliphatic carbocycles. The van der Waals surface area contributed by atoms with Gasteiger partial charge in [-0.2, -0.15) is 0 Å². The number of carboxylic acids is 1. The molecule has 0 radical (unpaired) electrons. The van der Waals surface area contributed by atoms with E-state index in [1.807, 2.05) is 0 Å². The van der Waals surface area contributed by atoms with Gasteiger partial charge in [0.25, 0.3) is 0 Å². The number of hydrogen-bond donors (Lipinski definition) is 1. The Labute approximate surface area is 50.8 Å². The van der Waals surface area contributed by atoms with Gasteiger partial charge >= 0.3 is 5.97 Å². The third-order valence-corrected chi connectivity index (χ3v) is 0.515. The molecule has 0 saturated carbocycles. The Hall–Kier alpha value is -1.39. The minimum Gasteiger partial charge on any atom is -0.478 e. The number of nitro groups is 1. The van der Waals surface area contributed by atoms with Gasteiger partial charge in [-0.1, -0.05) is 0 Å². The molecule has 0 bridgehead atoms. The van der Waals surface area contributed by atoms with Gasteiger partial charge in [0.15, 0.2) is 0 Å². The van der Waals surface area contributed by atoms with Crippen molar-refractivity contribution in [1.29, 1.82) is 0 Å². The SMILES string of the molecule is O=C(O)C=CC[N+](=O)[O-]. The van der Waals surface area contributed by atoms with E-state index in [9.17, 15) is 14.9 Å². The largest absolute Gasteiger partial charge is 0.478 e. The van der Waals surface area contributed by atoms with Crippen molar-refractivity contribution in [2.24, 2.45) is 0 Å². The summed E-state index contributed by atoms with van der Waals surface area (Å²) in [6, 6.07) is 0. The van der Waals surface area contributed by atoms with Gasteiger partial charge in [-0.25, -0.2) is 4.79 Å². The maximum absolute atomic E-state index is 9.67. The highest BCUT2D eigenvalue weighted by atomic mass is 16.6. The van der Waals surface area contributed by atoms with Crippen LogP contribution in [0.2, 0.25) is 0 Å². The third kappa shape index (κ3) is 6.61. The van der Waals surface area contributed by atoms with E-state index in [4.69, 9.17) is 5.11 Å². The smallest absolute Gasteiger partial charge is 0.328 e. The Morgan fingerprint density at radius 1 is 1.78 bits per heavy atom. The molecule has 0 spiro atoms. The normalized spacial score (nSPS) is 9.78. The van der Waals surface area contributed by atoms with Crippen LogP contribution in [0.25, 0.3) is 0 Å². The number of hydrogen-bond acceptors (Lipinski definition) is 3. The molecule has 1 N–H and O–H groups in total. The Balaban J connectivity index is 3.48. The van der Waals surface area contributed by atoms with Crippen molar-refractivity contribution in [1.82, 2.24) is 0 Å². The molecule has 0 unspecified atom stereocenters. The highest BCUT2D eigenvalue weighted by Crippen LogP contribution is 1.73. The highest BCUT2D eigenvalue weighted by Gasteiger charge is 1.89. The van der Waals surface area contributed by atoms with E-state index >= 15 is 0 Å². The maximum Gasteiger partial charge on any atom is 0.328 e. The van der Waals surface area contributed by atoms with Crippen LogP contribution in [0.15, 0.2) is 12.2 Å². The number of carbonyl (C=O) groups is 1. The minimum absolute atomic E-state index is 0.438. The Morgan fingerprint density at radius 3 is 2.67 bits per heavy atom. The lowest BCUT2D eigenvalue weighted by atomic mass is 10.5. The molecule has 0 rings (SSSR count). The molecule has 0 atom stereocenters. The lowest BCUT2D eigenvalue weighted by Gasteiger charge is -1.79. The van der Waals surface area contributed by atoms with E-state index in [0.29, 0.717) is 0 Å². The number of carboxylic acid groups (broad SMARTS) is 1. The second kappa shape index (κ2) is 3.59. The van der Waals surface area contributed by atoms with Crippen LogP contribution in [0.3, 0.4) is 0 Å². The van der Waals surface area contributed by atoms with Crippen LogP contribution in [0, 0.1) is 10.1 Å². The van der Waals surface area contributed by atoms with Crippen molar-refractivity contribution >= 4 is 5.97 Å². The number of nitrogens with zero attached hydrogens (tertiary/aromatic N) is 1. The van der Waals surface area contributed by atoms with Gasteiger partial charge in [-0.3, -0.25) is 10.1 Å². The van der Waals surface area contributed by atoms with E-state index < -0.39 is 17.4 Å². The van der Waals surface area contributed by atoms with Gasteiger partial charge in [0.2, 0.25) is 6.54 Å². The number of rotatable bonds is 3. The van der Waals surface area contributed by atoms with Crippen molar-refractivity contribution in [3.8, 4) is 0 Å². The zero-order valence-electron chi connectivity index (χ0n) is 4.48. The zero-order chi connectivity index (χ0) is 7.28. The lowest BCUT2D eigenvalue weighted by Crippen LogP contribution is -1.97. The monoisotopic (exact) mass is 131 g/mol. The molecule has 0 amide bonds. The summed E-state index contributed by atoms with van der Waals surface area (Å²) in [4.78, 5) is 18.6. The van der Waals surface area contributed by atoms with Crippen LogP contribution in [-0.2, 0) is 4.79 Å². The molecule has 9 heavy (non-hydrogen) atoms. The molecule has 0 aliphatic heterocycles. The highest BCUT2D eigenvalue weighted by molar-refractivity contribution is 5.79. The fourth-order valence-electron chi connectivity index (χ4n) is 0.240. The van der Waals surface area contributed by atoms with Gasteiger partial charge in [-0.05, 0) is 6.08 Å². The van der Waals surface area contributed by atoms with Crippen LogP contribution in [0.4, 0.5) is 0 Å². The summed E-state index contributed by atoms with van der Waals surface area (Å²) < 4.78 is 0. The summed E-state index contributed by atoms with van der Waals surface area (Å²) in [6.07, 6.45) is 1.71. The predicted molar refractivity (Wildman–Crippen MR) is 28.6 cm³/mol. The summed E-state index contributed by atoms with van der Waals surface area (Å²) in [5, 5.41) is 17.5. The van der Waals surface area contributed by atoms with Gasteiger partial charge in [0, 0.05) is 11.0 Å². The minimum atomic E-state index is -1.17. The average Bonchev–Trinajstić information content (AvgIpc) is 1.63. The molecule has 0 aliphatic rings. The predicted octanol–water partition coefficient (Wildman–Crippen LogP) is -0.0961. The van der Waals surface area contributed by atoms with Crippen molar-refractivity contribution in [2.45, 2.75) is 0 Å². The first kappa shape index (κ1) is 7.61. The standard InChI is InChI=1S/C4H5NO4/c6-4(7)2-1-3-5(8)9/h1-2H,3H2,(H,6,7). The zero-order valence-corrected chi connectivity index (χ0v) is 4.48. The van der Waals surface area contributed by atoms with Crippen LogP contribution >= 0.6 is 0 Å². The first-order valence-corrected chi connectivity index (χ1v) is 2.14. The molecule has 0 saturated heterocycles. The van der Waals surface area contributed by atoms with Crippen LogP contribution in [0.5, 0.6) is 0 Å². The third-order valence-electron chi connectivity index (χ3n) is 0.515. The summed E-state index contributed by atoms with van der Waals surface area (Å²) in [7, 11) is 0. The van der Waals surface area contributed by atoms with E-state index in [-0.39, 0.29) is 0 Å². The molecule has 0 heterocycles. The molecule has 0 aromatic rings. The molecule has 0 aromatic heterocycles. The van der Waals surface area contributed by atoms with E-state index in [1.165, 1.54) is 0 Å². The summed E-state index contributed by atoms with van der Waals surface area (Å²) in [5.74, 6) is -1.17. The Morgan fingerprint density at radius 2 is 2.33 bits per heavy atom. The second-order valence-corrected chi connectivity index (χ2v) is 1.26. The maximum atomic E-state index is 9.67. The van der Waals surface area contributed by atoms with Crippen LogP contribution in [0.1, 0.15) is 0 Å². The topological polar surface area (TPSA) is 80.4 Å². The lowest BCUT2D eigenvalue weighted by molar-refractivity contribution is -0.468. The molecule has 5 nitrogen and oxygen atoms in total. The quantitative estimate of drug-likeness (QED) is 0.329. The fourth-order valence-corrected chi connectivity index (χ4v) is 0.240. The van der Waals surface area contributed by atoms with E-state index in [1.54, 1.807) is 0 Å². The Bertz CT molecular complexity index is 151. The Kier molecular flexibility index (Phi) is 3.04. The first-order chi connectivity index (χ1) is 4.13. The van der Waals surface area contributed by atoms with Crippen molar-refractivity contribution in [3.05, 3.63) is 22.3 Å². The fraction of sp³-hybridized carbons (Fsp3) is 0.250. The van der Waals surface area contributed by atoms with Gasteiger partial charge in [0.05, 0.1) is 0 Å². The van der Waals surface area contributed by atoms with Gasteiger partial charge < -0.3 is 5.11 Å². The average molecular weight is 131 g/mol. The van der Waals surface area contributed by atoms with E-state index in [2.05, 4.69) is 0 Å². The van der Waals surface area contributed by atoms with Crippen LogP contribution < -0.4 is 0 Å². The molecule has 50 valence electrons. The van der Waals surface area contributed by atoms with Gasteiger partial charge in [0.1, 0.15) is 0 Å². The summed E-state index contributed by atoms with van der Waals surface area (Å²) >= 11 is 0. The van der Waals surface area contributed by atoms with Crippen molar-refractivity contribution < 1.29 is 14.8 Å². The second-order valence-electron chi connectivity index (χ2n) is 1.26. The summed E-state index contributed by atoms with van der Waals surface area (Å²) in [5.41, 5.74) is 0. The first-order valence-electron chi connectivity index (χ1n) is 2.14. The number of aliphatic carboxylic acids is 1. The molecule has 5 heteroatoms. The molecule has 0 aromatic carbocycles. The van der Waals surface area contributed by atoms with Crippen LogP contribution in [-0.4, -0.2) is 22.5 Å². The summed E-state index contributed by atoms with van der Waals surface area (Å²) in [6.45, 7) is -0.438. The van der Waals surface area contributed by atoms with Crippen molar-refractivity contribution in [3.63, 3.8) is 0 Å². The molecule has 0 fully saturated rings. The van der Waals surface area contributed by atoms with Crippen molar-refractivity contribution in [2.75, 3.05) is 6.54 Å². The molecular weight excluding hydrogens is 126 g/mol. The molecular formula is C4H5NO4. The van der Waals surface area contributed by atoms with E-state index in [0.717, 1.165) is 12.2 Å².